The van der Waals surface area contributed by atoms with E-state index in [0.29, 0.717) is 11.3 Å². The Labute approximate surface area is 128 Å². The van der Waals surface area contributed by atoms with Crippen molar-refractivity contribution in [1.82, 2.24) is 10.3 Å². The topological polar surface area (TPSA) is 24.9 Å². The molecule has 0 radical (unpaired) electrons. The lowest BCUT2D eigenvalue weighted by atomic mass is 9.69. The summed E-state index contributed by atoms with van der Waals surface area (Å²) in [6.07, 6.45) is 8.69. The molecule has 1 saturated carbocycles. The molecule has 2 rings (SSSR count). The quantitative estimate of drug-likeness (QED) is 0.812. The van der Waals surface area contributed by atoms with Gasteiger partial charge in [-0.05, 0) is 37.0 Å². The van der Waals surface area contributed by atoms with E-state index in [1.165, 1.54) is 37.1 Å². The van der Waals surface area contributed by atoms with Crippen LogP contribution in [-0.4, -0.2) is 17.6 Å². The second kappa shape index (κ2) is 7.04. The minimum atomic E-state index is 0.527. The van der Waals surface area contributed by atoms with Crippen molar-refractivity contribution in [1.29, 1.82) is 0 Å². The average Bonchev–Trinajstić information content (AvgIpc) is 2.99. The highest BCUT2D eigenvalue weighted by Crippen LogP contribution is 2.40. The molecule has 1 aliphatic carbocycles. The van der Waals surface area contributed by atoms with Crippen molar-refractivity contribution in [2.24, 2.45) is 11.3 Å². The molecule has 2 nitrogen and oxygen atoms in total. The van der Waals surface area contributed by atoms with E-state index >= 15 is 0 Å². The van der Waals surface area contributed by atoms with Gasteiger partial charge in [0.2, 0.25) is 0 Å². The van der Waals surface area contributed by atoms with Gasteiger partial charge in [-0.3, -0.25) is 0 Å². The number of nitrogens with zero attached hydrogens (tertiary/aromatic N) is 1. The smallest absolute Gasteiger partial charge is 0.0965 e. The maximum absolute atomic E-state index is 4.41. The first-order valence-corrected chi connectivity index (χ1v) is 9.03. The molecule has 0 saturated heterocycles. The normalized spacial score (nSPS) is 25.6. The molecule has 1 heterocycles. The van der Waals surface area contributed by atoms with Gasteiger partial charge < -0.3 is 5.32 Å². The van der Waals surface area contributed by atoms with Gasteiger partial charge in [0.15, 0.2) is 0 Å². The van der Waals surface area contributed by atoms with Gasteiger partial charge in [0.1, 0.15) is 0 Å². The molecule has 0 spiro atoms. The van der Waals surface area contributed by atoms with Crippen molar-refractivity contribution < 1.29 is 0 Å². The van der Waals surface area contributed by atoms with Crippen molar-refractivity contribution in [3.63, 3.8) is 0 Å². The Morgan fingerprint density at radius 3 is 2.60 bits per heavy atom. The van der Waals surface area contributed by atoms with Crippen LogP contribution in [0, 0.1) is 11.3 Å². The van der Waals surface area contributed by atoms with E-state index in [4.69, 9.17) is 0 Å². The molecular weight excluding hydrogens is 264 g/mol. The van der Waals surface area contributed by atoms with Crippen LogP contribution < -0.4 is 5.32 Å². The fourth-order valence-corrected chi connectivity index (χ4v) is 3.97. The van der Waals surface area contributed by atoms with Crippen LogP contribution in [0.5, 0.6) is 0 Å². The summed E-state index contributed by atoms with van der Waals surface area (Å²) in [5.74, 6) is 1.46. The van der Waals surface area contributed by atoms with E-state index in [9.17, 15) is 0 Å². The fraction of sp³-hybridized carbons (Fsp3) is 0.824. The zero-order valence-corrected chi connectivity index (χ0v) is 14.3. The molecule has 20 heavy (non-hydrogen) atoms. The molecule has 1 aromatic heterocycles. The van der Waals surface area contributed by atoms with E-state index in [1.54, 1.807) is 11.3 Å². The van der Waals surface area contributed by atoms with Crippen LogP contribution in [-0.2, 0) is 0 Å². The molecule has 1 unspecified atom stereocenters. The Bertz CT molecular complexity index is 378. The maximum Gasteiger partial charge on any atom is 0.0965 e. The monoisotopic (exact) mass is 294 g/mol. The second-order valence-corrected chi connectivity index (χ2v) is 8.00. The van der Waals surface area contributed by atoms with Gasteiger partial charge in [-0.15, -0.1) is 11.3 Å². The first kappa shape index (κ1) is 16.0. The Morgan fingerprint density at radius 2 is 2.05 bits per heavy atom. The van der Waals surface area contributed by atoms with Gasteiger partial charge in [0.05, 0.1) is 5.01 Å². The lowest BCUT2D eigenvalue weighted by Crippen LogP contribution is -2.38. The molecule has 1 N–H and O–H groups in total. The predicted octanol–water partition coefficient (Wildman–Crippen LogP) is 4.83. The number of hydrogen-bond acceptors (Lipinski definition) is 3. The van der Waals surface area contributed by atoms with Crippen LogP contribution in [0.2, 0.25) is 0 Å². The summed E-state index contributed by atoms with van der Waals surface area (Å²) in [5, 5.41) is 7.10. The first-order chi connectivity index (χ1) is 9.53. The van der Waals surface area contributed by atoms with Crippen LogP contribution in [0.15, 0.2) is 11.6 Å². The lowest BCUT2D eigenvalue weighted by Gasteiger charge is -2.39. The molecule has 1 atom stereocenters. The van der Waals surface area contributed by atoms with Crippen molar-refractivity contribution >= 4 is 11.3 Å². The minimum absolute atomic E-state index is 0.527. The minimum Gasteiger partial charge on any atom is -0.313 e. The standard InChI is InChI=1S/C17H30N2S/c1-5-17(3,4)14-6-8-15(9-7-14)19-12-13(2)16-18-10-11-20-16/h10-11,13-15,19H,5-9,12H2,1-4H3. The van der Waals surface area contributed by atoms with E-state index in [-0.39, 0.29) is 0 Å². The summed E-state index contributed by atoms with van der Waals surface area (Å²) >= 11 is 1.77. The van der Waals surface area contributed by atoms with Gasteiger partial charge >= 0.3 is 0 Å². The highest BCUT2D eigenvalue weighted by Gasteiger charge is 2.31. The van der Waals surface area contributed by atoms with Gasteiger partial charge in [-0.2, -0.15) is 0 Å². The number of nitrogens with one attached hydrogen (secondary N) is 1. The van der Waals surface area contributed by atoms with Gasteiger partial charge in [0.25, 0.3) is 0 Å². The third-order valence-electron chi connectivity index (χ3n) is 5.33. The molecule has 1 fully saturated rings. The fourth-order valence-electron chi connectivity index (χ4n) is 3.28. The maximum atomic E-state index is 4.41. The predicted molar refractivity (Wildman–Crippen MR) is 88.3 cm³/mol. The Morgan fingerprint density at radius 1 is 1.35 bits per heavy atom. The summed E-state index contributed by atoms with van der Waals surface area (Å²) in [6.45, 7) is 10.6. The zero-order valence-electron chi connectivity index (χ0n) is 13.5. The van der Waals surface area contributed by atoms with Gasteiger partial charge in [-0.25, -0.2) is 4.98 Å². The van der Waals surface area contributed by atoms with Crippen LogP contribution in [0.1, 0.15) is 70.7 Å². The van der Waals surface area contributed by atoms with E-state index in [0.717, 1.165) is 18.5 Å². The van der Waals surface area contributed by atoms with Gasteiger partial charge in [0, 0.05) is 30.1 Å². The largest absolute Gasteiger partial charge is 0.313 e. The number of rotatable bonds is 6. The van der Waals surface area contributed by atoms with Gasteiger partial charge in [-0.1, -0.05) is 34.1 Å². The first-order valence-electron chi connectivity index (χ1n) is 8.15. The van der Waals surface area contributed by atoms with E-state index in [2.05, 4.69) is 43.4 Å². The van der Waals surface area contributed by atoms with Crippen molar-refractivity contribution in [2.75, 3.05) is 6.54 Å². The van der Waals surface area contributed by atoms with Crippen molar-refractivity contribution in [3.05, 3.63) is 16.6 Å². The molecule has 0 bridgehead atoms. The van der Waals surface area contributed by atoms with Crippen LogP contribution in [0.4, 0.5) is 0 Å². The van der Waals surface area contributed by atoms with Crippen molar-refractivity contribution in [2.45, 2.75) is 71.8 Å². The van der Waals surface area contributed by atoms with E-state index < -0.39 is 0 Å². The zero-order chi connectivity index (χ0) is 14.6. The Hall–Kier alpha value is -0.410. The van der Waals surface area contributed by atoms with Crippen LogP contribution >= 0.6 is 11.3 Å². The third kappa shape index (κ3) is 4.05. The number of thiazole rings is 1. The lowest BCUT2D eigenvalue weighted by molar-refractivity contribution is 0.137. The summed E-state index contributed by atoms with van der Waals surface area (Å²) < 4.78 is 0. The number of hydrogen-bond donors (Lipinski definition) is 1. The SMILES string of the molecule is CCC(C)(C)C1CCC(NCC(C)c2nccs2)CC1. The summed E-state index contributed by atoms with van der Waals surface area (Å²) in [6, 6.07) is 0.723. The Kier molecular flexibility index (Phi) is 5.62. The molecular formula is C17H30N2S. The number of aromatic nitrogens is 1. The highest BCUT2D eigenvalue weighted by atomic mass is 32.1. The van der Waals surface area contributed by atoms with E-state index in [1.807, 2.05) is 6.20 Å². The molecule has 0 aliphatic heterocycles. The second-order valence-electron chi connectivity index (χ2n) is 7.07. The summed E-state index contributed by atoms with van der Waals surface area (Å²) in [7, 11) is 0. The van der Waals surface area contributed by atoms with Crippen LogP contribution in [0.3, 0.4) is 0 Å². The molecule has 3 heteroatoms. The summed E-state index contributed by atoms with van der Waals surface area (Å²) in [5.41, 5.74) is 0.527. The average molecular weight is 295 g/mol. The van der Waals surface area contributed by atoms with Crippen molar-refractivity contribution in [3.8, 4) is 0 Å². The highest BCUT2D eigenvalue weighted by molar-refractivity contribution is 7.09. The third-order valence-corrected chi connectivity index (χ3v) is 6.34. The van der Waals surface area contributed by atoms with Crippen LogP contribution in [0.25, 0.3) is 0 Å². The molecule has 0 amide bonds. The molecule has 1 aromatic rings. The summed E-state index contributed by atoms with van der Waals surface area (Å²) in [4.78, 5) is 4.41. The Balaban J connectivity index is 1.72. The molecule has 0 aromatic carbocycles. The molecule has 1 aliphatic rings. The molecule has 114 valence electrons.